The molecule has 0 saturated carbocycles. The number of hydrogen-bond acceptors (Lipinski definition) is 2. The summed E-state index contributed by atoms with van der Waals surface area (Å²) in [5, 5.41) is 0. The first-order valence-electron chi connectivity index (χ1n) is 2.92. The zero-order valence-corrected chi connectivity index (χ0v) is 7.26. The van der Waals surface area contributed by atoms with Crippen LogP contribution in [-0.2, 0) is 11.3 Å². The van der Waals surface area contributed by atoms with E-state index in [1.54, 1.807) is 19.5 Å². The molecule has 0 N–H and O–H groups in total. The van der Waals surface area contributed by atoms with Crippen LogP contribution in [0.5, 0.6) is 0 Å². The predicted molar refractivity (Wildman–Crippen MR) is 42.7 cm³/mol. The number of nitrogens with zero attached hydrogens (tertiary/aromatic N) is 1. The summed E-state index contributed by atoms with van der Waals surface area (Å²) in [6.45, 7) is 0.628. The molecule has 2 nitrogen and oxygen atoms in total. The van der Waals surface area contributed by atoms with Crippen molar-refractivity contribution in [2.75, 3.05) is 7.11 Å². The first-order chi connectivity index (χ1) is 4.84. The highest BCUT2D eigenvalue weighted by molar-refractivity contribution is 9.10. The minimum Gasteiger partial charge on any atom is -0.380 e. The summed E-state index contributed by atoms with van der Waals surface area (Å²) in [5.74, 6) is 0. The zero-order chi connectivity index (χ0) is 7.40. The quantitative estimate of drug-likeness (QED) is 0.731. The number of halogens is 1. The van der Waals surface area contributed by atoms with E-state index < -0.39 is 0 Å². The highest BCUT2D eigenvalue weighted by atomic mass is 79.9. The molecular weight excluding hydrogens is 194 g/mol. The lowest BCUT2D eigenvalue weighted by Crippen LogP contribution is -1.88. The molecule has 0 fully saturated rings. The minimum atomic E-state index is 0.628. The lowest BCUT2D eigenvalue weighted by atomic mass is 10.3. The van der Waals surface area contributed by atoms with Gasteiger partial charge in [0.05, 0.1) is 6.61 Å². The fourth-order valence-electron chi connectivity index (χ4n) is 0.677. The number of aromatic nitrogens is 1. The molecule has 0 unspecified atom stereocenters. The van der Waals surface area contributed by atoms with Crippen LogP contribution in [0.4, 0.5) is 0 Å². The molecule has 1 aromatic heterocycles. The van der Waals surface area contributed by atoms with E-state index in [0.717, 1.165) is 10.0 Å². The van der Waals surface area contributed by atoms with Crippen LogP contribution in [-0.4, -0.2) is 12.1 Å². The molecule has 0 atom stereocenters. The molecule has 1 rings (SSSR count). The van der Waals surface area contributed by atoms with Gasteiger partial charge in [-0.15, -0.1) is 0 Å². The Labute approximate surface area is 68.4 Å². The van der Waals surface area contributed by atoms with Crippen LogP contribution in [0.2, 0.25) is 0 Å². The number of methoxy groups -OCH3 is 1. The third-order valence-corrected chi connectivity index (χ3v) is 1.87. The summed E-state index contributed by atoms with van der Waals surface area (Å²) in [7, 11) is 1.67. The van der Waals surface area contributed by atoms with Gasteiger partial charge in [0.1, 0.15) is 0 Å². The van der Waals surface area contributed by atoms with Gasteiger partial charge in [0.25, 0.3) is 0 Å². The van der Waals surface area contributed by atoms with E-state index in [2.05, 4.69) is 20.9 Å². The SMILES string of the molecule is COCc1ccncc1Br. The molecule has 0 bridgehead atoms. The average Bonchev–Trinajstić information content (AvgIpc) is 1.94. The van der Waals surface area contributed by atoms with E-state index in [4.69, 9.17) is 4.74 Å². The summed E-state index contributed by atoms with van der Waals surface area (Å²) in [5.41, 5.74) is 1.12. The first kappa shape index (κ1) is 7.69. The van der Waals surface area contributed by atoms with E-state index in [9.17, 15) is 0 Å². The Morgan fingerprint density at radius 3 is 3.10 bits per heavy atom. The van der Waals surface area contributed by atoms with Gasteiger partial charge in [0.15, 0.2) is 0 Å². The molecule has 1 heterocycles. The van der Waals surface area contributed by atoms with Crippen molar-refractivity contribution in [1.82, 2.24) is 4.98 Å². The van der Waals surface area contributed by atoms with E-state index in [1.807, 2.05) is 6.07 Å². The third kappa shape index (κ3) is 1.78. The second kappa shape index (κ2) is 3.68. The van der Waals surface area contributed by atoms with Gasteiger partial charge in [0, 0.05) is 24.0 Å². The van der Waals surface area contributed by atoms with Crippen LogP contribution in [0.1, 0.15) is 5.56 Å². The second-order valence-electron chi connectivity index (χ2n) is 1.90. The molecule has 0 amide bonds. The van der Waals surface area contributed by atoms with Crippen molar-refractivity contribution >= 4 is 15.9 Å². The normalized spacial score (nSPS) is 9.80. The minimum absolute atomic E-state index is 0.628. The summed E-state index contributed by atoms with van der Waals surface area (Å²) in [6, 6.07) is 1.92. The summed E-state index contributed by atoms with van der Waals surface area (Å²) in [6.07, 6.45) is 3.51. The predicted octanol–water partition coefficient (Wildman–Crippen LogP) is 1.99. The maximum absolute atomic E-state index is 4.95. The van der Waals surface area contributed by atoms with Crippen molar-refractivity contribution in [3.8, 4) is 0 Å². The monoisotopic (exact) mass is 201 g/mol. The van der Waals surface area contributed by atoms with Gasteiger partial charge in [-0.2, -0.15) is 0 Å². The van der Waals surface area contributed by atoms with Crippen LogP contribution in [0.3, 0.4) is 0 Å². The molecule has 1 aromatic rings. The Kier molecular flexibility index (Phi) is 2.83. The Balaban J connectivity index is 2.81. The van der Waals surface area contributed by atoms with Gasteiger partial charge in [0.2, 0.25) is 0 Å². The highest BCUT2D eigenvalue weighted by Crippen LogP contribution is 2.14. The number of hydrogen-bond donors (Lipinski definition) is 0. The lowest BCUT2D eigenvalue weighted by Gasteiger charge is -1.99. The lowest BCUT2D eigenvalue weighted by molar-refractivity contribution is 0.184. The maximum Gasteiger partial charge on any atom is 0.0725 e. The molecule has 0 aliphatic rings. The van der Waals surface area contributed by atoms with Crippen LogP contribution in [0.15, 0.2) is 22.9 Å². The number of rotatable bonds is 2. The molecule has 0 spiro atoms. The van der Waals surface area contributed by atoms with Gasteiger partial charge >= 0.3 is 0 Å². The smallest absolute Gasteiger partial charge is 0.0725 e. The average molecular weight is 202 g/mol. The zero-order valence-electron chi connectivity index (χ0n) is 5.67. The van der Waals surface area contributed by atoms with Gasteiger partial charge in [-0.1, -0.05) is 0 Å². The number of pyridine rings is 1. The van der Waals surface area contributed by atoms with Gasteiger partial charge in [-0.3, -0.25) is 4.98 Å². The van der Waals surface area contributed by atoms with Crippen LogP contribution >= 0.6 is 15.9 Å². The fraction of sp³-hybridized carbons (Fsp3) is 0.286. The Hall–Kier alpha value is -0.410. The molecule has 54 valence electrons. The number of ether oxygens (including phenoxy) is 1. The van der Waals surface area contributed by atoms with Crippen molar-refractivity contribution in [3.05, 3.63) is 28.5 Å². The first-order valence-corrected chi connectivity index (χ1v) is 3.71. The Morgan fingerprint density at radius 2 is 2.50 bits per heavy atom. The molecule has 0 aliphatic heterocycles. The third-order valence-electron chi connectivity index (χ3n) is 1.16. The largest absolute Gasteiger partial charge is 0.380 e. The fourth-order valence-corrected chi connectivity index (χ4v) is 1.04. The van der Waals surface area contributed by atoms with E-state index in [0.29, 0.717) is 6.61 Å². The van der Waals surface area contributed by atoms with Gasteiger partial charge in [-0.05, 0) is 27.6 Å². The van der Waals surface area contributed by atoms with Crippen LogP contribution < -0.4 is 0 Å². The molecular formula is C7H8BrNO. The van der Waals surface area contributed by atoms with Gasteiger partial charge in [-0.25, -0.2) is 0 Å². The van der Waals surface area contributed by atoms with Gasteiger partial charge < -0.3 is 4.74 Å². The molecule has 3 heteroatoms. The highest BCUT2D eigenvalue weighted by Gasteiger charge is 1.95. The Morgan fingerprint density at radius 1 is 1.70 bits per heavy atom. The molecule has 0 aromatic carbocycles. The van der Waals surface area contributed by atoms with Crippen molar-refractivity contribution in [2.45, 2.75) is 6.61 Å². The van der Waals surface area contributed by atoms with Crippen molar-refractivity contribution < 1.29 is 4.74 Å². The second-order valence-corrected chi connectivity index (χ2v) is 2.75. The van der Waals surface area contributed by atoms with Crippen LogP contribution in [0, 0.1) is 0 Å². The Bertz CT molecular complexity index is 215. The van der Waals surface area contributed by atoms with E-state index in [-0.39, 0.29) is 0 Å². The summed E-state index contributed by atoms with van der Waals surface area (Å²) in [4.78, 5) is 3.92. The summed E-state index contributed by atoms with van der Waals surface area (Å²) >= 11 is 3.35. The van der Waals surface area contributed by atoms with E-state index in [1.165, 1.54) is 0 Å². The molecule has 10 heavy (non-hydrogen) atoms. The molecule has 0 radical (unpaired) electrons. The van der Waals surface area contributed by atoms with E-state index >= 15 is 0 Å². The van der Waals surface area contributed by atoms with Crippen LogP contribution in [0.25, 0.3) is 0 Å². The topological polar surface area (TPSA) is 22.1 Å². The summed E-state index contributed by atoms with van der Waals surface area (Å²) < 4.78 is 5.95. The molecule has 0 saturated heterocycles. The van der Waals surface area contributed by atoms with Crippen molar-refractivity contribution in [1.29, 1.82) is 0 Å². The van der Waals surface area contributed by atoms with Crippen molar-refractivity contribution in [3.63, 3.8) is 0 Å². The molecule has 0 aliphatic carbocycles. The van der Waals surface area contributed by atoms with Crippen molar-refractivity contribution in [2.24, 2.45) is 0 Å². The standard InChI is InChI=1S/C7H8BrNO/c1-10-5-6-2-3-9-4-7(6)8/h2-4H,5H2,1H3. The maximum atomic E-state index is 4.95.